The Balaban J connectivity index is 0.00000361. The second-order valence-electron chi connectivity index (χ2n) is 12.2. The fourth-order valence-corrected chi connectivity index (χ4v) is 6.92. The Labute approximate surface area is 300 Å². The van der Waals surface area contributed by atoms with Gasteiger partial charge in [-0.25, -0.2) is 9.97 Å². The summed E-state index contributed by atoms with van der Waals surface area (Å²) in [6.45, 7) is 0. The van der Waals surface area contributed by atoms with Gasteiger partial charge in [-0.15, -0.1) is 0 Å². The van der Waals surface area contributed by atoms with Crippen LogP contribution in [0.25, 0.3) is 85.1 Å². The SMILES string of the molecule is NC1=Cc2cc3ccc(cc4nc(cc5c(-c6ccccc6)c(-c6ccccc6)c(c(-c6ccccc6)c1n2)n5-c1ccccc1)C=C4)[nH]3.[Cu]. The van der Waals surface area contributed by atoms with Crippen LogP contribution < -0.4 is 5.73 Å². The van der Waals surface area contributed by atoms with Gasteiger partial charge < -0.3 is 15.3 Å². The van der Waals surface area contributed by atoms with Crippen LogP contribution in [-0.2, 0) is 17.1 Å². The molecule has 0 fully saturated rings. The first-order valence-corrected chi connectivity index (χ1v) is 16.4. The van der Waals surface area contributed by atoms with Gasteiger partial charge in [-0.2, -0.15) is 0 Å². The van der Waals surface area contributed by atoms with Crippen molar-refractivity contribution in [3.63, 3.8) is 0 Å². The first-order chi connectivity index (χ1) is 24.2. The van der Waals surface area contributed by atoms with E-state index in [1.54, 1.807) is 0 Å². The molecule has 7 aromatic rings. The quantitative estimate of drug-likeness (QED) is 0.180. The smallest absolute Gasteiger partial charge is 0.0966 e. The Bertz CT molecular complexity index is 2590. The summed E-state index contributed by atoms with van der Waals surface area (Å²) < 4.78 is 2.37. The molecule has 3 N–H and O–H groups in total. The molecule has 0 saturated carbocycles. The summed E-state index contributed by atoms with van der Waals surface area (Å²) in [4.78, 5) is 13.8. The average molecular weight is 693 g/mol. The van der Waals surface area contributed by atoms with E-state index in [-0.39, 0.29) is 17.1 Å². The summed E-state index contributed by atoms with van der Waals surface area (Å²) in [5, 5.41) is 0. The van der Waals surface area contributed by atoms with Crippen LogP contribution in [0.3, 0.4) is 0 Å². The summed E-state index contributed by atoms with van der Waals surface area (Å²) in [5.41, 5.74) is 22.1. The Morgan fingerprint density at radius 1 is 0.500 bits per heavy atom. The van der Waals surface area contributed by atoms with Gasteiger partial charge in [-0.3, -0.25) is 0 Å². The number of nitrogens with one attached hydrogen (secondary N) is 1. The Hall–Kier alpha value is -6.20. The molecule has 6 heteroatoms. The van der Waals surface area contributed by atoms with E-state index in [0.29, 0.717) is 5.70 Å². The van der Waals surface area contributed by atoms with Crippen molar-refractivity contribution >= 4 is 46.0 Å². The molecule has 5 heterocycles. The van der Waals surface area contributed by atoms with E-state index in [1.165, 1.54) is 0 Å². The van der Waals surface area contributed by atoms with Crippen molar-refractivity contribution in [3.05, 3.63) is 174 Å². The number of benzene rings is 4. The second kappa shape index (κ2) is 13.0. The van der Waals surface area contributed by atoms with Crippen molar-refractivity contribution in [2.45, 2.75) is 0 Å². The number of rotatable bonds is 4. The van der Waals surface area contributed by atoms with Crippen LogP contribution in [0.5, 0.6) is 0 Å². The number of para-hydroxylation sites is 1. The van der Waals surface area contributed by atoms with E-state index in [9.17, 15) is 0 Å². The molecule has 5 nitrogen and oxygen atoms in total. The van der Waals surface area contributed by atoms with Gasteiger partial charge in [0.25, 0.3) is 0 Å². The molecule has 0 amide bonds. The van der Waals surface area contributed by atoms with E-state index in [0.717, 1.165) is 83.9 Å². The number of nitrogens with zero attached hydrogens (tertiary/aromatic N) is 3. The van der Waals surface area contributed by atoms with Crippen LogP contribution in [0.15, 0.2) is 152 Å². The van der Waals surface area contributed by atoms with Gasteiger partial charge in [0, 0.05) is 50.5 Å². The first-order valence-electron chi connectivity index (χ1n) is 16.4. The molecular formula is C44H31CuN5. The van der Waals surface area contributed by atoms with Crippen LogP contribution >= 0.6 is 0 Å². The van der Waals surface area contributed by atoms with E-state index in [2.05, 4.69) is 161 Å². The molecule has 2 aliphatic rings. The number of hydrogen-bond donors (Lipinski definition) is 2. The Morgan fingerprint density at radius 3 is 1.60 bits per heavy atom. The van der Waals surface area contributed by atoms with Crippen LogP contribution in [0.1, 0.15) is 22.8 Å². The number of aromatic nitrogens is 4. The molecule has 0 saturated heterocycles. The minimum Gasteiger partial charge on any atom is -0.397 e. The third-order valence-corrected chi connectivity index (χ3v) is 9.01. The molecule has 0 atom stereocenters. The summed E-state index contributed by atoms with van der Waals surface area (Å²) in [6.07, 6.45) is 6.12. The molecule has 8 bridgehead atoms. The van der Waals surface area contributed by atoms with Crippen LogP contribution in [0.2, 0.25) is 0 Å². The van der Waals surface area contributed by atoms with Crippen LogP contribution in [-0.4, -0.2) is 19.5 Å². The van der Waals surface area contributed by atoms with Crippen molar-refractivity contribution in [1.29, 1.82) is 0 Å². The third-order valence-electron chi connectivity index (χ3n) is 9.01. The zero-order valence-electron chi connectivity index (χ0n) is 26.9. The summed E-state index contributed by atoms with van der Waals surface area (Å²) in [7, 11) is 0. The number of hydrogen-bond acceptors (Lipinski definition) is 3. The summed E-state index contributed by atoms with van der Waals surface area (Å²) in [5.74, 6) is 0. The first kappa shape index (κ1) is 31.1. The van der Waals surface area contributed by atoms with E-state index < -0.39 is 0 Å². The molecule has 1 radical (unpaired) electrons. The number of H-pyrrole nitrogens is 1. The molecule has 2 aliphatic heterocycles. The molecule has 0 unspecified atom stereocenters. The maximum absolute atomic E-state index is 6.99. The van der Waals surface area contributed by atoms with Crippen molar-refractivity contribution in [3.8, 4) is 39.1 Å². The molecule has 4 aromatic carbocycles. The number of nitrogens with two attached hydrogens (primary N) is 1. The Morgan fingerprint density at radius 2 is 1.00 bits per heavy atom. The molecule has 0 aliphatic carbocycles. The van der Waals surface area contributed by atoms with Gasteiger partial charge in [-0.05, 0) is 77.4 Å². The van der Waals surface area contributed by atoms with Gasteiger partial charge in [0.15, 0.2) is 0 Å². The fourth-order valence-electron chi connectivity index (χ4n) is 6.92. The van der Waals surface area contributed by atoms with E-state index >= 15 is 0 Å². The largest absolute Gasteiger partial charge is 0.397 e. The van der Waals surface area contributed by atoms with E-state index in [1.807, 2.05) is 18.2 Å². The minimum atomic E-state index is 0. The molecule has 0 spiro atoms. The predicted molar refractivity (Wildman–Crippen MR) is 203 cm³/mol. The average Bonchev–Trinajstić information content (AvgIpc) is 3.93. The van der Waals surface area contributed by atoms with Crippen molar-refractivity contribution < 1.29 is 17.1 Å². The van der Waals surface area contributed by atoms with Crippen LogP contribution in [0, 0.1) is 0 Å². The zero-order chi connectivity index (χ0) is 32.7. The minimum absolute atomic E-state index is 0. The molecule has 50 heavy (non-hydrogen) atoms. The maximum Gasteiger partial charge on any atom is 0.0966 e. The van der Waals surface area contributed by atoms with Gasteiger partial charge in [-0.1, -0.05) is 109 Å². The monoisotopic (exact) mass is 692 g/mol. The molecular weight excluding hydrogens is 662 g/mol. The van der Waals surface area contributed by atoms with Gasteiger partial charge >= 0.3 is 0 Å². The summed E-state index contributed by atoms with van der Waals surface area (Å²) in [6, 6.07) is 52.7. The molecule has 9 rings (SSSR count). The third kappa shape index (κ3) is 5.57. The molecule has 243 valence electrons. The number of fused-ring (bicyclic) bond motifs is 8. The fraction of sp³-hybridized carbons (Fsp3) is 0. The van der Waals surface area contributed by atoms with E-state index in [4.69, 9.17) is 15.7 Å². The van der Waals surface area contributed by atoms with Gasteiger partial charge in [0.05, 0.1) is 39.5 Å². The van der Waals surface area contributed by atoms with Crippen molar-refractivity contribution in [1.82, 2.24) is 19.5 Å². The van der Waals surface area contributed by atoms with Crippen molar-refractivity contribution in [2.75, 3.05) is 0 Å². The predicted octanol–water partition coefficient (Wildman–Crippen LogP) is 10.4. The zero-order valence-corrected chi connectivity index (χ0v) is 27.8. The maximum atomic E-state index is 6.99. The van der Waals surface area contributed by atoms with Gasteiger partial charge in [0.2, 0.25) is 0 Å². The second-order valence-corrected chi connectivity index (χ2v) is 12.2. The normalized spacial score (nSPS) is 12.0. The molecule has 3 aromatic heterocycles. The van der Waals surface area contributed by atoms with Gasteiger partial charge in [0.1, 0.15) is 0 Å². The standard InChI is InChI=1S/C44H31N5.Cu/c45-38-27-36-26-34-22-21-32(46-34)25-33-23-24-35(47-33)28-39-40(29-13-5-1-6-14-29)41(30-15-7-2-8-16-30)44(49(39)37-19-11-4-12-20-37)42(43(38)48-36)31-17-9-3-10-18-31;/h1-28,46H,45H2;. The van der Waals surface area contributed by atoms with Crippen LogP contribution in [0.4, 0.5) is 0 Å². The Kier molecular flexibility index (Phi) is 8.09. The topological polar surface area (TPSA) is 72.5 Å². The number of aromatic amines is 1. The summed E-state index contributed by atoms with van der Waals surface area (Å²) >= 11 is 0. The van der Waals surface area contributed by atoms with Crippen molar-refractivity contribution in [2.24, 2.45) is 5.73 Å².